The number of aromatic nitrogens is 1. The minimum Gasteiger partial charge on any atom is -0.493 e. The third kappa shape index (κ3) is 4.31. The minimum absolute atomic E-state index is 0.310. The Bertz CT molecular complexity index is 899. The number of methoxy groups -OCH3 is 2. The molecule has 6 nitrogen and oxygen atoms in total. The van der Waals surface area contributed by atoms with Crippen molar-refractivity contribution >= 4 is 23.4 Å². The summed E-state index contributed by atoms with van der Waals surface area (Å²) < 4.78 is 21.1. The molecule has 0 saturated heterocycles. The van der Waals surface area contributed by atoms with Gasteiger partial charge in [0.15, 0.2) is 22.3 Å². The number of thiazole rings is 1. The summed E-state index contributed by atoms with van der Waals surface area (Å²) in [5, 5.41) is 2.74. The molecule has 3 rings (SSSR count). The lowest BCUT2D eigenvalue weighted by Crippen LogP contribution is -1.98. The first kappa shape index (κ1) is 17.8. The molecule has 0 aliphatic carbocycles. The normalized spacial score (nSPS) is 10.8. The Labute approximate surface area is 154 Å². The monoisotopic (exact) mass is 371 g/mol. The summed E-state index contributed by atoms with van der Waals surface area (Å²) in [7, 11) is 2.90. The van der Waals surface area contributed by atoms with Crippen LogP contribution in [0, 0.1) is 0 Å². The molecular formula is C19H17NO5S. The summed E-state index contributed by atoms with van der Waals surface area (Å²) in [4.78, 5) is 15.7. The molecule has 134 valence electrons. The number of esters is 1. The van der Waals surface area contributed by atoms with Crippen molar-refractivity contribution in [3.63, 3.8) is 0 Å². The molecule has 0 N–H and O–H groups in total. The molecule has 0 atom stereocenters. The second kappa shape index (κ2) is 8.35. The second-order valence-corrected chi connectivity index (χ2v) is 6.03. The fourth-order valence-corrected chi connectivity index (χ4v) is 2.95. The number of ether oxygens (including phenoxy) is 3. The Hall–Kier alpha value is -3.06. The van der Waals surface area contributed by atoms with Crippen LogP contribution in [-0.4, -0.2) is 25.2 Å². The van der Waals surface area contributed by atoms with Gasteiger partial charge in [0.05, 0.1) is 26.2 Å². The second-order valence-electron chi connectivity index (χ2n) is 5.18. The molecule has 26 heavy (non-hydrogen) atoms. The van der Waals surface area contributed by atoms with Gasteiger partial charge in [0.1, 0.15) is 6.61 Å². The molecule has 1 aromatic carbocycles. The van der Waals surface area contributed by atoms with Crippen molar-refractivity contribution < 1.29 is 23.4 Å². The van der Waals surface area contributed by atoms with E-state index in [2.05, 4.69) is 9.72 Å². The van der Waals surface area contributed by atoms with Crippen molar-refractivity contribution in [3.8, 4) is 22.3 Å². The first-order valence-electron chi connectivity index (χ1n) is 7.74. The van der Waals surface area contributed by atoms with E-state index in [0.717, 1.165) is 22.0 Å². The average molecular weight is 371 g/mol. The van der Waals surface area contributed by atoms with E-state index in [1.807, 2.05) is 23.6 Å². The van der Waals surface area contributed by atoms with Crippen LogP contribution in [0.15, 0.2) is 52.5 Å². The number of furan rings is 1. The predicted octanol–water partition coefficient (Wildman–Crippen LogP) is 4.18. The molecular weight excluding hydrogens is 354 g/mol. The molecule has 0 unspecified atom stereocenters. The van der Waals surface area contributed by atoms with Crippen molar-refractivity contribution in [3.05, 3.63) is 59.3 Å². The number of carbonyl (C=O) groups excluding carboxylic acids is 1. The Balaban J connectivity index is 1.68. The highest BCUT2D eigenvalue weighted by Gasteiger charge is 2.10. The van der Waals surface area contributed by atoms with Crippen LogP contribution >= 0.6 is 11.3 Å². The van der Waals surface area contributed by atoms with Gasteiger partial charge in [-0.15, -0.1) is 11.3 Å². The summed E-state index contributed by atoms with van der Waals surface area (Å²) in [5.41, 5.74) is 1.60. The lowest BCUT2D eigenvalue weighted by Gasteiger charge is -2.10. The molecule has 0 aliphatic rings. The SMILES string of the molecule is COC(=O)/C=C/c1ccc(OCc2csc(-c3ccco3)n2)c(OC)c1. The van der Waals surface area contributed by atoms with Crippen LogP contribution in [0.3, 0.4) is 0 Å². The highest BCUT2D eigenvalue weighted by molar-refractivity contribution is 7.13. The fraction of sp³-hybridized carbons (Fsp3) is 0.158. The third-order valence-electron chi connectivity index (χ3n) is 3.46. The van der Waals surface area contributed by atoms with Crippen LogP contribution in [0.25, 0.3) is 16.8 Å². The van der Waals surface area contributed by atoms with Gasteiger partial charge in [-0.05, 0) is 35.9 Å². The molecule has 0 spiro atoms. The maximum absolute atomic E-state index is 11.2. The van der Waals surface area contributed by atoms with Gasteiger partial charge in [-0.25, -0.2) is 9.78 Å². The zero-order chi connectivity index (χ0) is 18.4. The van der Waals surface area contributed by atoms with Gasteiger partial charge >= 0.3 is 5.97 Å². The van der Waals surface area contributed by atoms with Gasteiger partial charge in [0.2, 0.25) is 0 Å². The molecule has 3 aromatic rings. The number of hydrogen-bond donors (Lipinski definition) is 0. The Morgan fingerprint density at radius 1 is 1.27 bits per heavy atom. The van der Waals surface area contributed by atoms with E-state index in [0.29, 0.717) is 18.1 Å². The maximum Gasteiger partial charge on any atom is 0.330 e. The predicted molar refractivity (Wildman–Crippen MR) is 98.2 cm³/mol. The van der Waals surface area contributed by atoms with E-state index < -0.39 is 5.97 Å². The maximum atomic E-state index is 11.2. The zero-order valence-electron chi connectivity index (χ0n) is 14.3. The van der Waals surface area contributed by atoms with E-state index in [1.54, 1.807) is 31.6 Å². The van der Waals surface area contributed by atoms with Crippen LogP contribution in [-0.2, 0) is 16.1 Å². The van der Waals surface area contributed by atoms with E-state index in [9.17, 15) is 4.79 Å². The van der Waals surface area contributed by atoms with Crippen molar-refractivity contribution in [1.82, 2.24) is 4.98 Å². The first-order chi connectivity index (χ1) is 12.7. The lowest BCUT2D eigenvalue weighted by molar-refractivity contribution is -0.134. The minimum atomic E-state index is -0.416. The number of nitrogens with zero attached hydrogens (tertiary/aromatic N) is 1. The quantitative estimate of drug-likeness (QED) is 0.458. The van der Waals surface area contributed by atoms with E-state index in [-0.39, 0.29) is 0 Å². The largest absolute Gasteiger partial charge is 0.493 e. The molecule has 0 bridgehead atoms. The van der Waals surface area contributed by atoms with Gasteiger partial charge in [-0.1, -0.05) is 6.07 Å². The highest BCUT2D eigenvalue weighted by Crippen LogP contribution is 2.30. The number of hydrogen-bond acceptors (Lipinski definition) is 7. The standard InChI is InChI=1S/C19H17NO5S/c1-22-17-10-13(6-8-18(21)23-2)5-7-15(17)25-11-14-12-26-19(20-14)16-4-3-9-24-16/h3-10,12H,11H2,1-2H3/b8-6+. The zero-order valence-corrected chi connectivity index (χ0v) is 15.1. The number of carbonyl (C=O) groups is 1. The summed E-state index contributed by atoms with van der Waals surface area (Å²) in [6.45, 7) is 0.310. The van der Waals surface area contributed by atoms with Crippen LogP contribution in [0.5, 0.6) is 11.5 Å². The fourth-order valence-electron chi connectivity index (χ4n) is 2.18. The van der Waals surface area contributed by atoms with E-state index in [1.165, 1.54) is 24.5 Å². The molecule has 2 aromatic heterocycles. The Kier molecular flexibility index (Phi) is 5.70. The van der Waals surface area contributed by atoms with Crippen LogP contribution in [0.4, 0.5) is 0 Å². The van der Waals surface area contributed by atoms with Gasteiger partial charge in [0, 0.05) is 11.5 Å². The molecule has 0 aliphatic heterocycles. The lowest BCUT2D eigenvalue weighted by atomic mass is 10.2. The molecule has 0 amide bonds. The van der Waals surface area contributed by atoms with Gasteiger partial charge < -0.3 is 18.6 Å². The van der Waals surface area contributed by atoms with Crippen molar-refractivity contribution in [2.24, 2.45) is 0 Å². The van der Waals surface area contributed by atoms with Crippen LogP contribution in [0.2, 0.25) is 0 Å². The number of benzene rings is 1. The van der Waals surface area contributed by atoms with E-state index in [4.69, 9.17) is 13.9 Å². The summed E-state index contributed by atoms with van der Waals surface area (Å²) in [5.74, 6) is 1.48. The molecule has 2 heterocycles. The number of rotatable bonds is 7. The molecule has 7 heteroatoms. The summed E-state index contributed by atoms with van der Waals surface area (Å²) in [6, 6.07) is 9.09. The molecule has 0 saturated carbocycles. The third-order valence-corrected chi connectivity index (χ3v) is 4.37. The Morgan fingerprint density at radius 3 is 2.88 bits per heavy atom. The van der Waals surface area contributed by atoms with Crippen LogP contribution < -0.4 is 9.47 Å². The first-order valence-corrected chi connectivity index (χ1v) is 8.62. The average Bonchev–Trinajstić information content (AvgIpc) is 3.36. The summed E-state index contributed by atoms with van der Waals surface area (Å²) in [6.07, 6.45) is 4.61. The van der Waals surface area contributed by atoms with Crippen molar-refractivity contribution in [2.75, 3.05) is 14.2 Å². The van der Waals surface area contributed by atoms with Gasteiger partial charge in [-0.2, -0.15) is 0 Å². The topological polar surface area (TPSA) is 70.8 Å². The van der Waals surface area contributed by atoms with Crippen LogP contribution in [0.1, 0.15) is 11.3 Å². The summed E-state index contributed by atoms with van der Waals surface area (Å²) >= 11 is 1.50. The Morgan fingerprint density at radius 2 is 2.15 bits per heavy atom. The highest BCUT2D eigenvalue weighted by atomic mass is 32.1. The van der Waals surface area contributed by atoms with Gasteiger partial charge in [0.25, 0.3) is 0 Å². The molecule has 0 radical (unpaired) electrons. The molecule has 0 fully saturated rings. The van der Waals surface area contributed by atoms with Gasteiger partial charge in [-0.3, -0.25) is 0 Å². The smallest absolute Gasteiger partial charge is 0.330 e. The van der Waals surface area contributed by atoms with Crippen molar-refractivity contribution in [1.29, 1.82) is 0 Å². The van der Waals surface area contributed by atoms with E-state index >= 15 is 0 Å². The van der Waals surface area contributed by atoms with Crippen molar-refractivity contribution in [2.45, 2.75) is 6.61 Å².